The lowest BCUT2D eigenvalue weighted by atomic mass is 9.67. The Morgan fingerprint density at radius 3 is 2.70 bits per heavy atom. The molecule has 0 saturated heterocycles. The van der Waals surface area contributed by atoms with Crippen LogP contribution in [0.4, 0.5) is 10.7 Å². The van der Waals surface area contributed by atoms with Gasteiger partial charge in [-0.05, 0) is 24.7 Å². The highest BCUT2D eigenvalue weighted by molar-refractivity contribution is 7.17. The number of nitrogen functional groups attached to an aromatic ring is 1. The van der Waals surface area contributed by atoms with Crippen LogP contribution in [0.3, 0.4) is 0 Å². The second kappa shape index (κ2) is 5.71. The molecule has 1 aromatic rings. The first-order valence-corrected chi connectivity index (χ1v) is 7.67. The van der Waals surface area contributed by atoms with Crippen LogP contribution in [0, 0.1) is 16.7 Å². The zero-order valence-electron chi connectivity index (χ0n) is 11.9. The average molecular weight is 292 g/mol. The number of nitriles is 1. The Morgan fingerprint density at radius 2 is 2.25 bits per heavy atom. The van der Waals surface area contributed by atoms with E-state index >= 15 is 0 Å². The van der Waals surface area contributed by atoms with Crippen LogP contribution in [-0.4, -0.2) is 19.5 Å². The Labute approximate surface area is 123 Å². The molecule has 6 heteroatoms. The van der Waals surface area contributed by atoms with Gasteiger partial charge in [0.2, 0.25) is 0 Å². The SMILES string of the molecule is CCC1(CNc2sc(C#N)c(N)c2C(=O)NC)CCC1. The van der Waals surface area contributed by atoms with Gasteiger partial charge in [0.15, 0.2) is 0 Å². The summed E-state index contributed by atoms with van der Waals surface area (Å²) in [6, 6.07) is 2.05. The Hall–Kier alpha value is -1.74. The van der Waals surface area contributed by atoms with Crippen molar-refractivity contribution in [3.05, 3.63) is 10.4 Å². The zero-order chi connectivity index (χ0) is 14.8. The third-order valence-electron chi connectivity index (χ3n) is 4.29. The highest BCUT2D eigenvalue weighted by Gasteiger charge is 2.35. The number of thiophene rings is 1. The van der Waals surface area contributed by atoms with E-state index in [4.69, 9.17) is 11.0 Å². The number of carbonyl (C=O) groups is 1. The van der Waals surface area contributed by atoms with E-state index < -0.39 is 0 Å². The van der Waals surface area contributed by atoms with Crippen molar-refractivity contribution in [2.24, 2.45) is 5.41 Å². The first-order valence-electron chi connectivity index (χ1n) is 6.85. The molecule has 2 rings (SSSR count). The van der Waals surface area contributed by atoms with Gasteiger partial charge in [-0.3, -0.25) is 4.79 Å². The monoisotopic (exact) mass is 292 g/mol. The summed E-state index contributed by atoms with van der Waals surface area (Å²) < 4.78 is 0. The van der Waals surface area contributed by atoms with Gasteiger partial charge < -0.3 is 16.4 Å². The maximum atomic E-state index is 11.9. The maximum Gasteiger partial charge on any atom is 0.256 e. The van der Waals surface area contributed by atoms with Gasteiger partial charge in [0.1, 0.15) is 15.9 Å². The second-order valence-corrected chi connectivity index (χ2v) is 6.32. The highest BCUT2D eigenvalue weighted by atomic mass is 32.1. The molecule has 1 aliphatic carbocycles. The second-order valence-electron chi connectivity index (χ2n) is 5.30. The van der Waals surface area contributed by atoms with Crippen molar-refractivity contribution in [2.75, 3.05) is 24.6 Å². The largest absolute Gasteiger partial charge is 0.396 e. The Morgan fingerprint density at radius 1 is 1.55 bits per heavy atom. The summed E-state index contributed by atoms with van der Waals surface area (Å²) in [6.45, 7) is 3.03. The van der Waals surface area contributed by atoms with Crippen LogP contribution in [0.25, 0.3) is 0 Å². The third kappa shape index (κ3) is 2.46. The summed E-state index contributed by atoms with van der Waals surface area (Å²) in [5, 5.41) is 15.7. The van der Waals surface area contributed by atoms with Crippen molar-refractivity contribution < 1.29 is 4.79 Å². The van der Waals surface area contributed by atoms with Gasteiger partial charge in [0.25, 0.3) is 5.91 Å². The molecule has 1 aliphatic rings. The van der Waals surface area contributed by atoms with Gasteiger partial charge in [-0.15, -0.1) is 11.3 Å². The minimum atomic E-state index is -0.248. The molecular weight excluding hydrogens is 272 g/mol. The topological polar surface area (TPSA) is 90.9 Å². The smallest absolute Gasteiger partial charge is 0.256 e. The number of nitrogens with zero attached hydrogens (tertiary/aromatic N) is 1. The zero-order valence-corrected chi connectivity index (χ0v) is 12.7. The summed E-state index contributed by atoms with van der Waals surface area (Å²) in [5.74, 6) is -0.248. The molecule has 0 unspecified atom stereocenters. The molecule has 0 atom stereocenters. The van der Waals surface area contributed by atoms with E-state index in [-0.39, 0.29) is 11.6 Å². The Balaban J connectivity index is 2.22. The quantitative estimate of drug-likeness (QED) is 0.778. The fraction of sp³-hybridized carbons (Fsp3) is 0.571. The fourth-order valence-corrected chi connectivity index (χ4v) is 3.51. The van der Waals surface area contributed by atoms with Crippen LogP contribution < -0.4 is 16.4 Å². The molecule has 0 radical (unpaired) electrons. The first-order chi connectivity index (χ1) is 9.56. The molecule has 1 fully saturated rings. The van der Waals surface area contributed by atoms with E-state index in [0.29, 0.717) is 20.9 Å². The van der Waals surface area contributed by atoms with Crippen molar-refractivity contribution in [1.82, 2.24) is 5.32 Å². The predicted molar refractivity (Wildman–Crippen MR) is 81.9 cm³/mol. The molecule has 1 heterocycles. The normalized spacial score (nSPS) is 16.1. The van der Waals surface area contributed by atoms with Gasteiger partial charge in [0, 0.05) is 13.6 Å². The molecular formula is C14H20N4OS. The van der Waals surface area contributed by atoms with E-state index in [9.17, 15) is 4.79 Å². The van der Waals surface area contributed by atoms with Crippen molar-refractivity contribution >= 4 is 27.9 Å². The Kier molecular flexibility index (Phi) is 4.19. The number of rotatable bonds is 5. The molecule has 0 spiro atoms. The number of amides is 1. The maximum absolute atomic E-state index is 11.9. The molecule has 0 aliphatic heterocycles. The number of nitrogens with one attached hydrogen (secondary N) is 2. The predicted octanol–water partition coefficient (Wildman–Crippen LogP) is 2.55. The van der Waals surface area contributed by atoms with Crippen LogP contribution in [0.2, 0.25) is 0 Å². The molecule has 0 aromatic carbocycles. The number of hydrogen-bond acceptors (Lipinski definition) is 5. The Bertz CT molecular complexity index is 549. The first kappa shape index (κ1) is 14.7. The fourth-order valence-electron chi connectivity index (χ4n) is 2.60. The summed E-state index contributed by atoms with van der Waals surface area (Å²) in [5.41, 5.74) is 6.91. The van der Waals surface area contributed by atoms with Crippen LogP contribution >= 0.6 is 11.3 Å². The minimum absolute atomic E-state index is 0.248. The van der Waals surface area contributed by atoms with Crippen LogP contribution in [0.15, 0.2) is 0 Å². The highest BCUT2D eigenvalue weighted by Crippen LogP contribution is 2.44. The summed E-state index contributed by atoms with van der Waals surface area (Å²) in [4.78, 5) is 12.3. The van der Waals surface area contributed by atoms with Crippen LogP contribution in [-0.2, 0) is 0 Å². The van der Waals surface area contributed by atoms with Crippen molar-refractivity contribution in [3.8, 4) is 6.07 Å². The van der Waals surface area contributed by atoms with Crippen molar-refractivity contribution in [1.29, 1.82) is 5.26 Å². The molecule has 20 heavy (non-hydrogen) atoms. The van der Waals surface area contributed by atoms with Crippen molar-refractivity contribution in [3.63, 3.8) is 0 Å². The van der Waals surface area contributed by atoms with Gasteiger partial charge >= 0.3 is 0 Å². The molecule has 1 aromatic heterocycles. The number of anilines is 2. The lowest BCUT2D eigenvalue weighted by molar-refractivity contribution is 0.0964. The molecule has 1 amide bonds. The van der Waals surface area contributed by atoms with E-state index in [0.717, 1.165) is 13.0 Å². The summed E-state index contributed by atoms with van der Waals surface area (Å²) in [7, 11) is 1.56. The minimum Gasteiger partial charge on any atom is -0.396 e. The van der Waals surface area contributed by atoms with E-state index in [1.54, 1.807) is 7.05 Å². The number of nitrogens with two attached hydrogens (primary N) is 1. The van der Waals surface area contributed by atoms with E-state index in [1.165, 1.54) is 30.6 Å². The van der Waals surface area contributed by atoms with Gasteiger partial charge in [-0.1, -0.05) is 13.3 Å². The third-order valence-corrected chi connectivity index (χ3v) is 5.36. The van der Waals surface area contributed by atoms with Crippen molar-refractivity contribution in [2.45, 2.75) is 32.6 Å². The van der Waals surface area contributed by atoms with E-state index in [1.807, 2.05) is 6.07 Å². The number of carbonyl (C=O) groups excluding carboxylic acids is 1. The van der Waals surface area contributed by atoms with Gasteiger partial charge in [0.05, 0.1) is 11.3 Å². The van der Waals surface area contributed by atoms with E-state index in [2.05, 4.69) is 17.6 Å². The molecule has 4 N–H and O–H groups in total. The number of hydrogen-bond donors (Lipinski definition) is 3. The molecule has 108 valence electrons. The summed E-state index contributed by atoms with van der Waals surface area (Å²) >= 11 is 1.26. The average Bonchev–Trinajstić information content (AvgIpc) is 2.73. The van der Waals surface area contributed by atoms with Crippen LogP contribution in [0.1, 0.15) is 47.8 Å². The molecule has 1 saturated carbocycles. The molecule has 5 nitrogen and oxygen atoms in total. The lowest BCUT2D eigenvalue weighted by Gasteiger charge is -2.41. The lowest BCUT2D eigenvalue weighted by Crippen LogP contribution is -2.36. The van der Waals surface area contributed by atoms with Gasteiger partial charge in [-0.2, -0.15) is 5.26 Å². The summed E-state index contributed by atoms with van der Waals surface area (Å²) in [6.07, 6.45) is 4.84. The van der Waals surface area contributed by atoms with Gasteiger partial charge in [-0.25, -0.2) is 0 Å². The molecule has 0 bridgehead atoms. The van der Waals surface area contributed by atoms with Crippen LogP contribution in [0.5, 0.6) is 0 Å². The standard InChI is InChI=1S/C14H20N4OS/c1-3-14(5-4-6-14)8-18-13-10(12(19)17-2)11(16)9(7-15)20-13/h18H,3-6,8,16H2,1-2H3,(H,17,19).